The van der Waals surface area contributed by atoms with Gasteiger partial charge in [0.05, 0.1) is 0 Å². The molecule has 1 aromatic rings. The third-order valence-electron chi connectivity index (χ3n) is 2.03. The van der Waals surface area contributed by atoms with E-state index in [1.807, 2.05) is 11.6 Å². The molecule has 1 rings (SSSR count). The molecule has 4 heteroatoms. The number of hydrogen-bond acceptors (Lipinski definition) is 2. The molecule has 0 saturated heterocycles. The highest BCUT2D eigenvalue weighted by Crippen LogP contribution is 2.09. The third-order valence-corrected chi connectivity index (χ3v) is 2.03. The van der Waals surface area contributed by atoms with Crippen LogP contribution in [0.25, 0.3) is 0 Å². The second-order valence-corrected chi connectivity index (χ2v) is 3.86. The molecule has 0 fully saturated rings. The van der Waals surface area contributed by atoms with Gasteiger partial charge in [-0.05, 0) is 34.6 Å². The van der Waals surface area contributed by atoms with E-state index >= 15 is 0 Å². The molecule has 0 unspecified atom stereocenters. The lowest BCUT2D eigenvalue weighted by Gasteiger charge is -2.18. The smallest absolute Gasteiger partial charge is 0.239 e. The second-order valence-electron chi connectivity index (χ2n) is 3.86. The number of hydrogen-bond donors (Lipinski definition) is 1. The van der Waals surface area contributed by atoms with Crippen LogP contribution in [0.15, 0.2) is 0 Å². The van der Waals surface area contributed by atoms with Crippen molar-refractivity contribution in [3.05, 3.63) is 11.4 Å². The molecule has 0 atom stereocenters. The van der Waals surface area contributed by atoms with Crippen LogP contribution in [0, 0.1) is 12.3 Å². The van der Waals surface area contributed by atoms with E-state index in [0.29, 0.717) is 11.7 Å². The molecule has 0 aliphatic carbocycles. The molecule has 1 heterocycles. The van der Waals surface area contributed by atoms with E-state index in [-0.39, 0.29) is 6.04 Å². The second kappa shape index (κ2) is 3.36. The third kappa shape index (κ3) is 1.66. The summed E-state index contributed by atoms with van der Waals surface area (Å²) < 4.78 is 3.98. The molecule has 0 aromatic carbocycles. The predicted molar refractivity (Wildman–Crippen MR) is 51.6 cm³/mol. The molecule has 74 valence electrons. The Morgan fingerprint density at radius 3 is 1.85 bits per heavy atom. The molecule has 0 saturated carbocycles. The van der Waals surface area contributed by atoms with Gasteiger partial charge in [-0.3, -0.25) is 10.1 Å². The van der Waals surface area contributed by atoms with Crippen molar-refractivity contribution in [2.45, 2.75) is 46.7 Å². The zero-order valence-electron chi connectivity index (χ0n) is 9.00. The largest absolute Gasteiger partial charge is 0.266 e. The summed E-state index contributed by atoms with van der Waals surface area (Å²) in [5.74, 6) is 0.911. The van der Waals surface area contributed by atoms with Crippen molar-refractivity contribution in [1.82, 2.24) is 14.3 Å². The summed E-state index contributed by atoms with van der Waals surface area (Å²) in [6.45, 7) is 10.3. The molecule has 0 radical (unpaired) electrons. The number of aromatic nitrogens is 3. The first kappa shape index (κ1) is 10.0. The van der Waals surface area contributed by atoms with Gasteiger partial charge in [-0.1, -0.05) is 0 Å². The van der Waals surface area contributed by atoms with Gasteiger partial charge in [0.1, 0.15) is 5.82 Å². The summed E-state index contributed by atoms with van der Waals surface area (Å²) >= 11 is 0. The first-order chi connectivity index (χ1) is 5.95. The van der Waals surface area contributed by atoms with Gasteiger partial charge in [-0.25, -0.2) is 4.68 Å². The van der Waals surface area contributed by atoms with Crippen molar-refractivity contribution < 1.29 is 0 Å². The normalized spacial score (nSPS) is 11.6. The lowest BCUT2D eigenvalue weighted by Crippen LogP contribution is -2.27. The highest BCUT2D eigenvalue weighted by Gasteiger charge is 2.12. The van der Waals surface area contributed by atoms with E-state index in [2.05, 4.69) is 37.4 Å². The average Bonchev–Trinajstić information content (AvgIpc) is 2.24. The molecule has 0 amide bonds. The minimum absolute atomic E-state index is 0.288. The van der Waals surface area contributed by atoms with Gasteiger partial charge in [0, 0.05) is 12.1 Å². The molecule has 4 nitrogen and oxygen atoms in total. The van der Waals surface area contributed by atoms with Crippen LogP contribution in [0.1, 0.15) is 45.6 Å². The summed E-state index contributed by atoms with van der Waals surface area (Å²) in [6.07, 6.45) is 0. The van der Waals surface area contributed by atoms with Gasteiger partial charge in [0.15, 0.2) is 0 Å². The summed E-state index contributed by atoms with van der Waals surface area (Å²) in [7, 11) is 0. The molecule has 13 heavy (non-hydrogen) atoms. The number of aryl methyl sites for hydroxylation is 1. The first-order valence-electron chi connectivity index (χ1n) is 4.67. The van der Waals surface area contributed by atoms with Gasteiger partial charge in [0.2, 0.25) is 5.62 Å². The number of nitrogens with one attached hydrogen (secondary N) is 1. The van der Waals surface area contributed by atoms with Crippen molar-refractivity contribution in [2.75, 3.05) is 0 Å². The highest BCUT2D eigenvalue weighted by molar-refractivity contribution is 4.84. The van der Waals surface area contributed by atoms with Gasteiger partial charge in [-0.2, -0.15) is 4.98 Å². The predicted octanol–water partition coefficient (Wildman–Crippen LogP) is 1.63. The Hall–Kier alpha value is -1.06. The molecule has 1 N–H and O–H groups in total. The van der Waals surface area contributed by atoms with Crippen LogP contribution in [0.2, 0.25) is 0 Å². The van der Waals surface area contributed by atoms with Crippen LogP contribution in [-0.2, 0) is 0 Å². The van der Waals surface area contributed by atoms with Crippen molar-refractivity contribution >= 4 is 0 Å². The standard InChI is InChI=1S/C9H18N4/c1-6(2)12-8(5)11-9(10)13(12)7(3)4/h6-7,10H,1-5H3. The van der Waals surface area contributed by atoms with Gasteiger partial charge >= 0.3 is 0 Å². The van der Waals surface area contributed by atoms with Crippen LogP contribution in [0.5, 0.6) is 0 Å². The highest BCUT2D eigenvalue weighted by atomic mass is 15.5. The maximum atomic E-state index is 7.69. The van der Waals surface area contributed by atoms with Crippen LogP contribution >= 0.6 is 0 Å². The fourth-order valence-corrected chi connectivity index (χ4v) is 1.63. The summed E-state index contributed by atoms with van der Waals surface area (Å²) in [6, 6.07) is 0.644. The van der Waals surface area contributed by atoms with Crippen LogP contribution in [0.4, 0.5) is 0 Å². The van der Waals surface area contributed by atoms with E-state index < -0.39 is 0 Å². The Balaban J connectivity index is 3.38. The van der Waals surface area contributed by atoms with Crippen molar-refractivity contribution in [1.29, 1.82) is 5.41 Å². The topological polar surface area (TPSA) is 46.6 Å². The molecule has 1 aromatic heterocycles. The Morgan fingerprint density at radius 2 is 1.54 bits per heavy atom. The van der Waals surface area contributed by atoms with Gasteiger partial charge in [-0.15, -0.1) is 0 Å². The van der Waals surface area contributed by atoms with Crippen LogP contribution in [0.3, 0.4) is 0 Å². The summed E-state index contributed by atoms with van der Waals surface area (Å²) in [5, 5.41) is 7.69. The fraction of sp³-hybridized carbons (Fsp3) is 0.778. The first-order valence-corrected chi connectivity index (χ1v) is 4.67. The summed E-state index contributed by atoms with van der Waals surface area (Å²) in [4.78, 5) is 4.15. The quantitative estimate of drug-likeness (QED) is 0.742. The van der Waals surface area contributed by atoms with Crippen molar-refractivity contribution in [2.24, 2.45) is 0 Å². The van der Waals surface area contributed by atoms with E-state index in [9.17, 15) is 0 Å². The fourth-order valence-electron chi connectivity index (χ4n) is 1.63. The van der Waals surface area contributed by atoms with E-state index in [4.69, 9.17) is 5.41 Å². The van der Waals surface area contributed by atoms with E-state index in [0.717, 1.165) is 5.82 Å². The molecule has 0 aliphatic heterocycles. The molecule has 0 aliphatic rings. The lowest BCUT2D eigenvalue weighted by molar-refractivity contribution is 0.354. The van der Waals surface area contributed by atoms with E-state index in [1.165, 1.54) is 0 Å². The Labute approximate surface area is 78.7 Å². The maximum absolute atomic E-state index is 7.69. The Morgan fingerprint density at radius 1 is 1.08 bits per heavy atom. The molecular formula is C9H18N4. The average molecular weight is 182 g/mol. The number of rotatable bonds is 2. The number of nitrogens with zero attached hydrogens (tertiary/aromatic N) is 3. The molecule has 0 spiro atoms. The van der Waals surface area contributed by atoms with E-state index in [1.54, 1.807) is 0 Å². The summed E-state index contributed by atoms with van der Waals surface area (Å²) in [5.41, 5.74) is 0.348. The molecular weight excluding hydrogens is 164 g/mol. The van der Waals surface area contributed by atoms with Gasteiger partial charge < -0.3 is 0 Å². The van der Waals surface area contributed by atoms with Crippen molar-refractivity contribution in [3.8, 4) is 0 Å². The van der Waals surface area contributed by atoms with Crippen LogP contribution in [-0.4, -0.2) is 14.3 Å². The minimum Gasteiger partial charge on any atom is -0.266 e. The SMILES string of the molecule is Cc1nc(=N)n(C(C)C)n1C(C)C. The van der Waals surface area contributed by atoms with Gasteiger partial charge in [0.25, 0.3) is 0 Å². The maximum Gasteiger partial charge on any atom is 0.239 e. The van der Waals surface area contributed by atoms with Crippen LogP contribution < -0.4 is 5.62 Å². The lowest BCUT2D eigenvalue weighted by atomic mass is 10.4. The zero-order chi connectivity index (χ0) is 10.2. The monoisotopic (exact) mass is 182 g/mol. The Kier molecular flexibility index (Phi) is 2.59. The Bertz CT molecular complexity index is 343. The molecule has 0 bridgehead atoms. The van der Waals surface area contributed by atoms with Crippen molar-refractivity contribution in [3.63, 3.8) is 0 Å². The zero-order valence-corrected chi connectivity index (χ0v) is 9.00. The minimum atomic E-state index is 0.288.